The van der Waals surface area contributed by atoms with Gasteiger partial charge in [0, 0.05) is 29.4 Å². The average molecular weight is 496 g/mol. The van der Waals surface area contributed by atoms with Crippen LogP contribution in [0.2, 0.25) is 0 Å². The van der Waals surface area contributed by atoms with Crippen molar-refractivity contribution in [2.24, 2.45) is 0 Å². The number of thioether (sulfide) groups is 1. The van der Waals surface area contributed by atoms with Crippen molar-refractivity contribution < 1.29 is 0 Å². The molecule has 0 amide bonds. The van der Waals surface area contributed by atoms with Gasteiger partial charge in [-0.2, -0.15) is 5.26 Å². The molecule has 0 fully saturated rings. The van der Waals surface area contributed by atoms with Gasteiger partial charge in [0.15, 0.2) is 10.8 Å². The Balaban J connectivity index is 1.52. The molecule has 5 rings (SSSR count). The molecule has 176 valence electrons. The van der Waals surface area contributed by atoms with E-state index < -0.39 is 0 Å². The summed E-state index contributed by atoms with van der Waals surface area (Å²) in [5.74, 6) is 0.374. The fraction of sp³-hybridized carbons (Fsp3) is 0.435. The van der Waals surface area contributed by atoms with Crippen LogP contribution in [0.1, 0.15) is 41.0 Å². The predicted octanol–water partition coefficient (Wildman–Crippen LogP) is 2.79. The van der Waals surface area contributed by atoms with Crippen molar-refractivity contribution in [1.82, 2.24) is 29.0 Å². The summed E-state index contributed by atoms with van der Waals surface area (Å²) < 4.78 is 3.05. The van der Waals surface area contributed by atoms with Gasteiger partial charge in [-0.05, 0) is 58.3 Å². The van der Waals surface area contributed by atoms with Crippen LogP contribution in [0.4, 0.5) is 0 Å². The second-order valence-electron chi connectivity index (χ2n) is 8.73. The van der Waals surface area contributed by atoms with Crippen LogP contribution in [0, 0.1) is 11.3 Å². The van der Waals surface area contributed by atoms with Gasteiger partial charge in [0.25, 0.3) is 11.1 Å². The molecule has 0 spiro atoms. The van der Waals surface area contributed by atoms with E-state index in [9.17, 15) is 14.9 Å². The maximum absolute atomic E-state index is 13.6. The number of thiophene rings is 1. The zero-order valence-electron chi connectivity index (χ0n) is 19.1. The molecule has 0 atom stereocenters. The van der Waals surface area contributed by atoms with Crippen molar-refractivity contribution in [3.8, 4) is 6.07 Å². The lowest BCUT2D eigenvalue weighted by Crippen LogP contribution is -2.26. The number of nitrogens with zero attached hydrogens (tertiary/aromatic N) is 6. The highest BCUT2D eigenvalue weighted by Gasteiger charge is 2.22. The summed E-state index contributed by atoms with van der Waals surface area (Å²) in [7, 11) is 4.04. The number of H-pyrrole nitrogens is 1. The van der Waals surface area contributed by atoms with Crippen molar-refractivity contribution in [3.63, 3.8) is 0 Å². The topological polar surface area (TPSA) is 112 Å². The zero-order valence-corrected chi connectivity index (χ0v) is 20.8. The molecule has 4 aromatic rings. The second-order valence-corrected chi connectivity index (χ2v) is 10.8. The lowest BCUT2D eigenvalue weighted by atomic mass is 9.97. The molecule has 0 bridgehead atoms. The van der Waals surface area contributed by atoms with Gasteiger partial charge < -0.3 is 4.90 Å². The summed E-state index contributed by atoms with van der Waals surface area (Å²) >= 11 is 3.05. The molecular formula is C23H25N7O2S2. The Labute approximate surface area is 204 Å². The standard InChI is InChI=1S/C23H25N7O2S2/c1-28(2)8-5-9-29-22(32)19-16-6-3-4-7-17(16)34-21(19)27-23(29)33-13-15-10-18(31)30-20(26-15)14(11-24)12-25-30/h10,12,25H,3-9,13H2,1-2H3. The summed E-state index contributed by atoms with van der Waals surface area (Å²) in [5.41, 5.74) is 2.12. The van der Waals surface area contributed by atoms with E-state index in [4.69, 9.17) is 4.98 Å². The maximum Gasteiger partial charge on any atom is 0.272 e. The number of aryl methyl sites for hydroxylation is 2. The minimum Gasteiger partial charge on any atom is -0.309 e. The first-order valence-corrected chi connectivity index (χ1v) is 13.1. The van der Waals surface area contributed by atoms with E-state index in [1.54, 1.807) is 15.9 Å². The van der Waals surface area contributed by atoms with Gasteiger partial charge in [-0.15, -0.1) is 11.3 Å². The molecule has 1 aliphatic rings. The minimum atomic E-state index is -0.278. The first-order valence-electron chi connectivity index (χ1n) is 11.3. The maximum atomic E-state index is 13.6. The number of aromatic amines is 1. The highest BCUT2D eigenvalue weighted by molar-refractivity contribution is 7.98. The average Bonchev–Trinajstić information content (AvgIpc) is 3.40. The van der Waals surface area contributed by atoms with Crippen LogP contribution >= 0.6 is 23.1 Å². The van der Waals surface area contributed by atoms with Crippen LogP contribution in [0.5, 0.6) is 0 Å². The van der Waals surface area contributed by atoms with Crippen molar-refractivity contribution in [2.45, 2.75) is 49.6 Å². The van der Waals surface area contributed by atoms with Gasteiger partial charge in [0.05, 0.1) is 11.1 Å². The molecular weight excluding hydrogens is 470 g/mol. The van der Waals surface area contributed by atoms with Gasteiger partial charge in [-0.1, -0.05) is 11.8 Å². The van der Waals surface area contributed by atoms with E-state index in [1.807, 2.05) is 14.1 Å². The van der Waals surface area contributed by atoms with Crippen LogP contribution in [-0.2, 0) is 25.1 Å². The van der Waals surface area contributed by atoms with E-state index in [2.05, 4.69) is 21.1 Å². The fourth-order valence-electron chi connectivity index (χ4n) is 4.40. The van der Waals surface area contributed by atoms with Crippen LogP contribution in [0.3, 0.4) is 0 Å². The second kappa shape index (κ2) is 9.37. The van der Waals surface area contributed by atoms with Crippen molar-refractivity contribution in [2.75, 3.05) is 20.6 Å². The van der Waals surface area contributed by atoms with Gasteiger partial charge in [0.1, 0.15) is 16.5 Å². The van der Waals surface area contributed by atoms with E-state index in [0.717, 1.165) is 48.9 Å². The Kier molecular flexibility index (Phi) is 6.29. The highest BCUT2D eigenvalue weighted by Crippen LogP contribution is 2.35. The first-order chi connectivity index (χ1) is 16.5. The third kappa shape index (κ3) is 4.17. The Hall–Kier alpha value is -2.94. The van der Waals surface area contributed by atoms with Crippen molar-refractivity contribution in [3.05, 3.63) is 54.7 Å². The molecule has 0 radical (unpaired) electrons. The van der Waals surface area contributed by atoms with Gasteiger partial charge in [0.2, 0.25) is 0 Å². The van der Waals surface area contributed by atoms with Crippen molar-refractivity contribution in [1.29, 1.82) is 5.26 Å². The molecule has 1 N–H and O–H groups in total. The number of fused-ring (bicyclic) bond motifs is 4. The minimum absolute atomic E-state index is 0.0338. The lowest BCUT2D eigenvalue weighted by molar-refractivity contribution is 0.379. The smallest absolute Gasteiger partial charge is 0.272 e. The van der Waals surface area contributed by atoms with Crippen LogP contribution < -0.4 is 11.1 Å². The van der Waals surface area contributed by atoms with E-state index >= 15 is 0 Å². The zero-order chi connectivity index (χ0) is 23.8. The van der Waals surface area contributed by atoms with Crippen LogP contribution in [-0.4, -0.2) is 49.7 Å². The van der Waals surface area contributed by atoms with Crippen LogP contribution in [0.25, 0.3) is 15.9 Å². The molecule has 0 saturated carbocycles. The van der Waals surface area contributed by atoms with Crippen molar-refractivity contribution >= 4 is 39.0 Å². The molecule has 4 aromatic heterocycles. The number of nitriles is 1. The van der Waals surface area contributed by atoms with Crippen LogP contribution in [0.15, 0.2) is 27.0 Å². The van der Waals surface area contributed by atoms with E-state index in [1.165, 1.54) is 39.0 Å². The summed E-state index contributed by atoms with van der Waals surface area (Å²) in [6, 6.07) is 3.50. The molecule has 1 aliphatic carbocycles. The molecule has 0 saturated heterocycles. The van der Waals surface area contributed by atoms with E-state index in [0.29, 0.717) is 34.4 Å². The lowest BCUT2D eigenvalue weighted by Gasteiger charge is -2.15. The Morgan fingerprint density at radius 1 is 1.26 bits per heavy atom. The molecule has 0 aromatic carbocycles. The molecule has 11 heteroatoms. The molecule has 4 heterocycles. The molecule has 9 nitrogen and oxygen atoms in total. The predicted molar refractivity (Wildman–Crippen MR) is 134 cm³/mol. The number of rotatable bonds is 7. The summed E-state index contributed by atoms with van der Waals surface area (Å²) in [4.78, 5) is 39.7. The third-order valence-corrected chi connectivity index (χ3v) is 8.24. The van der Waals surface area contributed by atoms with E-state index in [-0.39, 0.29) is 11.1 Å². The summed E-state index contributed by atoms with van der Waals surface area (Å²) in [5, 5.41) is 13.5. The summed E-state index contributed by atoms with van der Waals surface area (Å²) in [6.45, 7) is 1.45. The number of nitrogens with one attached hydrogen (secondary N) is 1. The largest absolute Gasteiger partial charge is 0.309 e. The fourth-order valence-corrected chi connectivity index (χ4v) is 6.62. The molecule has 34 heavy (non-hydrogen) atoms. The highest BCUT2D eigenvalue weighted by atomic mass is 32.2. The molecule has 0 unspecified atom stereocenters. The first kappa shape index (κ1) is 22.8. The SMILES string of the molecule is CN(C)CCCn1c(SCc2cc(=O)n3[nH]cc(C#N)c3n2)nc2sc3c(c2c1=O)CCCC3. The summed E-state index contributed by atoms with van der Waals surface area (Å²) in [6.07, 6.45) is 6.54. The Morgan fingerprint density at radius 2 is 2.09 bits per heavy atom. The van der Waals surface area contributed by atoms with Gasteiger partial charge >= 0.3 is 0 Å². The Bertz CT molecular complexity index is 1540. The monoisotopic (exact) mass is 495 g/mol. The number of hydrogen-bond donors (Lipinski definition) is 1. The number of hydrogen-bond acceptors (Lipinski definition) is 8. The van der Waals surface area contributed by atoms with Gasteiger partial charge in [-0.3, -0.25) is 19.3 Å². The Morgan fingerprint density at radius 3 is 2.88 bits per heavy atom. The molecule has 0 aliphatic heterocycles. The normalized spacial score (nSPS) is 13.6. The van der Waals surface area contributed by atoms with Gasteiger partial charge in [-0.25, -0.2) is 14.5 Å². The number of aromatic nitrogens is 5. The third-order valence-electron chi connectivity index (χ3n) is 6.05. The quantitative estimate of drug-likeness (QED) is 0.310.